The second kappa shape index (κ2) is 17.6. The number of hydrogen-bond acceptors (Lipinski definition) is 2. The van der Waals surface area contributed by atoms with E-state index in [2.05, 4.69) is 266 Å². The van der Waals surface area contributed by atoms with Crippen molar-refractivity contribution in [2.24, 2.45) is 0 Å². The fraction of sp³-hybridized carbons (Fsp3) is 0.130. The lowest BCUT2D eigenvalue weighted by molar-refractivity contribution is 1.25. The summed E-state index contributed by atoms with van der Waals surface area (Å²) in [5, 5.41) is 0. The van der Waals surface area contributed by atoms with Crippen LogP contribution >= 0.6 is 0 Å². The standard InChI is InChI=1S/C69H59BN2/c1-42-32-45(4)66(46(5)33-42)55-24-30-62-60(38-55)70-61-39-56(67-47(6)34-43(2)35-48(67)7)25-31-63(61)72(59-28-22-54(23-29-59)52-18-14-11-15-19-52)65-41-57(68-49(8)36-44(3)37-50(68)9)40-64(69(65)70)71(62)58-26-20-53(21-27-58)51-16-12-10-13-17-51/h10-41H,1-9H3. The predicted octanol–water partition coefficient (Wildman–Crippen LogP) is 16.9. The van der Waals surface area contributed by atoms with E-state index in [1.165, 1.54) is 145 Å². The van der Waals surface area contributed by atoms with E-state index in [1.54, 1.807) is 0 Å². The van der Waals surface area contributed by atoms with E-state index in [-0.39, 0.29) is 6.71 Å². The van der Waals surface area contributed by atoms with Gasteiger partial charge >= 0.3 is 0 Å². The van der Waals surface area contributed by atoms with Crippen LogP contribution in [0.4, 0.5) is 34.1 Å². The van der Waals surface area contributed by atoms with Crippen molar-refractivity contribution in [2.45, 2.75) is 62.3 Å². The molecule has 348 valence electrons. The molecule has 10 aromatic rings. The van der Waals surface area contributed by atoms with Crippen LogP contribution in [0.5, 0.6) is 0 Å². The zero-order chi connectivity index (χ0) is 49.5. The number of rotatable bonds is 7. The van der Waals surface area contributed by atoms with Gasteiger partial charge in [0.15, 0.2) is 0 Å². The highest BCUT2D eigenvalue weighted by atomic mass is 15.2. The Morgan fingerprint density at radius 2 is 0.569 bits per heavy atom. The van der Waals surface area contributed by atoms with E-state index < -0.39 is 0 Å². The van der Waals surface area contributed by atoms with E-state index in [9.17, 15) is 0 Å². The third-order valence-corrected chi connectivity index (χ3v) is 15.4. The fourth-order valence-electron chi connectivity index (χ4n) is 12.8. The van der Waals surface area contributed by atoms with Gasteiger partial charge in [-0.05, 0) is 216 Å². The summed E-state index contributed by atoms with van der Waals surface area (Å²) in [6.45, 7) is 20.2. The normalized spacial score (nSPS) is 12.4. The van der Waals surface area contributed by atoms with Gasteiger partial charge < -0.3 is 9.80 Å². The van der Waals surface area contributed by atoms with E-state index in [0.29, 0.717) is 0 Å². The van der Waals surface area contributed by atoms with Gasteiger partial charge in [0.05, 0.1) is 0 Å². The van der Waals surface area contributed by atoms with Gasteiger partial charge in [0.25, 0.3) is 6.71 Å². The Balaban J connectivity index is 1.19. The van der Waals surface area contributed by atoms with E-state index in [0.717, 1.165) is 11.4 Å². The van der Waals surface area contributed by atoms with Gasteiger partial charge in [0, 0.05) is 34.1 Å². The average Bonchev–Trinajstić information content (AvgIpc) is 3.36. The van der Waals surface area contributed by atoms with Crippen LogP contribution in [0.15, 0.2) is 194 Å². The lowest BCUT2D eigenvalue weighted by Crippen LogP contribution is -2.61. The summed E-state index contributed by atoms with van der Waals surface area (Å²) in [6.07, 6.45) is 0. The van der Waals surface area contributed by atoms with E-state index in [1.807, 2.05) is 0 Å². The lowest BCUT2D eigenvalue weighted by atomic mass is 9.33. The van der Waals surface area contributed by atoms with Crippen LogP contribution in [-0.2, 0) is 0 Å². The zero-order valence-corrected chi connectivity index (χ0v) is 42.9. The molecule has 72 heavy (non-hydrogen) atoms. The van der Waals surface area contributed by atoms with Crippen molar-refractivity contribution in [2.75, 3.05) is 9.80 Å². The monoisotopic (exact) mass is 926 g/mol. The van der Waals surface area contributed by atoms with Gasteiger partial charge in [-0.2, -0.15) is 0 Å². The minimum Gasteiger partial charge on any atom is -0.311 e. The third-order valence-electron chi connectivity index (χ3n) is 15.4. The van der Waals surface area contributed by atoms with Crippen LogP contribution < -0.4 is 26.2 Å². The number of benzene rings is 10. The van der Waals surface area contributed by atoms with Crippen LogP contribution in [0.1, 0.15) is 50.1 Å². The SMILES string of the molecule is Cc1cc(C)c(-c2ccc3c(c2)B2c4cc(-c5c(C)cc(C)cc5C)ccc4N(c4ccc(-c5ccccc5)cc4)c4cc(-c5c(C)cc(C)cc5C)cc(c42)N3c2ccc(-c3ccccc3)cc2)c(C)c1. The van der Waals surface area contributed by atoms with Crippen LogP contribution in [0.2, 0.25) is 0 Å². The Labute approximate surface area is 427 Å². The quantitative estimate of drug-likeness (QED) is 0.147. The van der Waals surface area contributed by atoms with Crippen molar-refractivity contribution in [3.63, 3.8) is 0 Å². The minimum absolute atomic E-state index is 0.0778. The maximum Gasteiger partial charge on any atom is 0.252 e. The Morgan fingerprint density at radius 3 is 0.917 bits per heavy atom. The van der Waals surface area contributed by atoms with Gasteiger partial charge in [-0.25, -0.2) is 0 Å². The smallest absolute Gasteiger partial charge is 0.252 e. The van der Waals surface area contributed by atoms with Crippen LogP contribution in [0.25, 0.3) is 55.6 Å². The van der Waals surface area contributed by atoms with Gasteiger partial charge in [0.1, 0.15) is 0 Å². The largest absolute Gasteiger partial charge is 0.311 e. The molecule has 0 fully saturated rings. The highest BCUT2D eigenvalue weighted by Gasteiger charge is 2.44. The Hall–Kier alpha value is -8.14. The molecule has 2 aliphatic heterocycles. The second-order valence-corrected chi connectivity index (χ2v) is 20.7. The summed E-state index contributed by atoms with van der Waals surface area (Å²) in [6, 6.07) is 73.6. The maximum absolute atomic E-state index is 2.57. The van der Waals surface area contributed by atoms with Gasteiger partial charge in [0.2, 0.25) is 0 Å². The second-order valence-electron chi connectivity index (χ2n) is 20.7. The first-order chi connectivity index (χ1) is 34.9. The van der Waals surface area contributed by atoms with Gasteiger partial charge in [-0.3, -0.25) is 0 Å². The van der Waals surface area contributed by atoms with Crippen LogP contribution in [0, 0.1) is 62.3 Å². The summed E-state index contributed by atoms with van der Waals surface area (Å²) in [7, 11) is 0. The summed E-state index contributed by atoms with van der Waals surface area (Å²) in [5.74, 6) is 0. The first-order valence-corrected chi connectivity index (χ1v) is 25.5. The minimum atomic E-state index is -0.0778. The van der Waals surface area contributed by atoms with Crippen molar-refractivity contribution in [3.8, 4) is 55.6 Å². The lowest BCUT2D eigenvalue weighted by Gasteiger charge is -2.45. The number of hydrogen-bond donors (Lipinski definition) is 0. The summed E-state index contributed by atoms with van der Waals surface area (Å²) >= 11 is 0. The van der Waals surface area contributed by atoms with E-state index >= 15 is 0 Å². The van der Waals surface area contributed by atoms with Crippen LogP contribution in [0.3, 0.4) is 0 Å². The Kier molecular flexibility index (Phi) is 11.0. The van der Waals surface area contributed by atoms with Gasteiger partial charge in [-0.1, -0.05) is 162 Å². The maximum atomic E-state index is 2.57. The van der Waals surface area contributed by atoms with Crippen molar-refractivity contribution < 1.29 is 0 Å². The first-order valence-electron chi connectivity index (χ1n) is 25.5. The Morgan fingerprint density at radius 1 is 0.264 bits per heavy atom. The molecular weight excluding hydrogens is 868 g/mol. The summed E-state index contributed by atoms with van der Waals surface area (Å²) in [5.41, 5.74) is 35.0. The molecule has 2 heterocycles. The molecule has 0 bridgehead atoms. The molecule has 0 unspecified atom stereocenters. The molecule has 0 saturated heterocycles. The Bertz CT molecular complexity index is 3490. The molecular formula is C69H59BN2. The number of aryl methyl sites for hydroxylation is 9. The van der Waals surface area contributed by atoms with Crippen molar-refractivity contribution in [3.05, 3.63) is 244 Å². The molecule has 12 rings (SSSR count). The molecule has 0 aromatic heterocycles. The molecule has 3 heteroatoms. The summed E-state index contributed by atoms with van der Waals surface area (Å²) in [4.78, 5) is 5.14. The van der Waals surface area contributed by atoms with E-state index in [4.69, 9.17) is 0 Å². The molecule has 10 aromatic carbocycles. The molecule has 0 spiro atoms. The van der Waals surface area contributed by atoms with Gasteiger partial charge in [-0.15, -0.1) is 0 Å². The number of fused-ring (bicyclic) bond motifs is 4. The molecule has 2 aliphatic rings. The molecule has 0 atom stereocenters. The molecule has 0 aliphatic carbocycles. The van der Waals surface area contributed by atoms with Crippen molar-refractivity contribution in [1.82, 2.24) is 0 Å². The molecule has 2 nitrogen and oxygen atoms in total. The molecule has 0 radical (unpaired) electrons. The molecule has 0 saturated carbocycles. The predicted molar refractivity (Wildman–Crippen MR) is 310 cm³/mol. The number of nitrogens with zero attached hydrogens (tertiary/aromatic N) is 2. The first kappa shape index (κ1) is 45.0. The topological polar surface area (TPSA) is 6.48 Å². The fourth-order valence-corrected chi connectivity index (χ4v) is 12.8. The average molecular weight is 927 g/mol. The number of anilines is 6. The molecule has 0 N–H and O–H groups in total. The third kappa shape index (κ3) is 7.58. The van der Waals surface area contributed by atoms with Crippen LogP contribution in [-0.4, -0.2) is 6.71 Å². The summed E-state index contributed by atoms with van der Waals surface area (Å²) < 4.78 is 0. The van der Waals surface area contributed by atoms with Crippen molar-refractivity contribution >= 4 is 57.2 Å². The zero-order valence-electron chi connectivity index (χ0n) is 42.9. The van der Waals surface area contributed by atoms with Crippen molar-refractivity contribution in [1.29, 1.82) is 0 Å². The molecule has 0 amide bonds. The highest BCUT2D eigenvalue weighted by Crippen LogP contribution is 2.48. The highest BCUT2D eigenvalue weighted by molar-refractivity contribution is 7.00.